The molecule has 8 atom stereocenters. The smallest absolute Gasteiger partial charge is 0.309 e. The Bertz CT molecular complexity index is 1470. The Hall–Kier alpha value is -1.49. The molecule has 0 N–H and O–H groups in total. The Labute approximate surface area is 357 Å². The van der Waals surface area contributed by atoms with Gasteiger partial charge in [0.2, 0.25) is 0 Å². The topological polar surface area (TPSA) is 113 Å². The maximum atomic E-state index is 15.1. The summed E-state index contributed by atoms with van der Waals surface area (Å²) in [5.41, 5.74) is 0.411. The van der Waals surface area contributed by atoms with Gasteiger partial charge in [-0.25, -0.2) is 4.63 Å². The van der Waals surface area contributed by atoms with E-state index < -0.39 is 42.6 Å². The fraction of sp³-hybridized carbons (Fsp3) is 0.867. The summed E-state index contributed by atoms with van der Waals surface area (Å²) in [4.78, 5) is 32.2. The third-order valence-corrected chi connectivity index (χ3v) is 29.3. The molecule has 3 rings (SSSR count). The number of Topliss-reactive ketones (excluding diaryl/α,β-unsaturated/α-hetero) is 1. The van der Waals surface area contributed by atoms with Crippen molar-refractivity contribution in [2.75, 3.05) is 13.2 Å². The molecule has 0 radical (unpaired) electrons. The molecular formula is C45H85N3O7Si3. The molecule has 0 aliphatic carbocycles. The van der Waals surface area contributed by atoms with Crippen LogP contribution in [0.2, 0.25) is 54.4 Å². The lowest BCUT2D eigenvalue weighted by atomic mass is 9.73. The molecule has 1 aromatic rings. The van der Waals surface area contributed by atoms with Crippen molar-refractivity contribution in [3.63, 3.8) is 0 Å². The minimum Gasteiger partial charge on any atom is -0.458 e. The summed E-state index contributed by atoms with van der Waals surface area (Å²) in [7, 11) is -6.28. The van der Waals surface area contributed by atoms with Crippen LogP contribution in [0.3, 0.4) is 0 Å². The van der Waals surface area contributed by atoms with Crippen LogP contribution in [-0.2, 0) is 27.6 Å². The number of ketones is 1. The van der Waals surface area contributed by atoms with Gasteiger partial charge in [0.15, 0.2) is 25.0 Å². The Kier molecular flexibility index (Phi) is 18.1. The molecule has 0 spiro atoms. The van der Waals surface area contributed by atoms with Gasteiger partial charge in [0, 0.05) is 42.5 Å². The minimum atomic E-state index is -2.27. The Balaban J connectivity index is 2.15. The highest BCUT2D eigenvalue weighted by molar-refractivity contribution is 6.74. The van der Waals surface area contributed by atoms with Crippen LogP contribution < -0.4 is 0 Å². The number of hydrogen-bond donors (Lipinski definition) is 0. The van der Waals surface area contributed by atoms with Gasteiger partial charge in [0.05, 0.1) is 24.8 Å². The van der Waals surface area contributed by atoms with Crippen LogP contribution in [0.4, 0.5) is 0 Å². The van der Waals surface area contributed by atoms with Gasteiger partial charge in [-0.3, -0.25) is 14.5 Å². The van der Waals surface area contributed by atoms with Crippen molar-refractivity contribution < 1.29 is 32.2 Å². The van der Waals surface area contributed by atoms with E-state index in [9.17, 15) is 4.79 Å². The molecule has 0 saturated carbocycles. The number of carbonyl (C=O) groups excluding carboxylic acids is 2. The summed E-state index contributed by atoms with van der Waals surface area (Å²) in [6, 6.07) is 6.00. The second-order valence-electron chi connectivity index (χ2n) is 20.2. The third-order valence-electron chi connectivity index (χ3n) is 15.5. The maximum Gasteiger partial charge on any atom is 0.309 e. The second kappa shape index (κ2) is 20.6. The number of hydrogen-bond acceptors (Lipinski definition) is 10. The van der Waals surface area contributed by atoms with Crippen LogP contribution in [0, 0.1) is 17.3 Å². The summed E-state index contributed by atoms with van der Waals surface area (Å²) >= 11 is 0. The van der Waals surface area contributed by atoms with Crippen molar-refractivity contribution in [1.82, 2.24) is 15.2 Å². The van der Waals surface area contributed by atoms with Gasteiger partial charge >= 0.3 is 5.97 Å². The van der Waals surface area contributed by atoms with Gasteiger partial charge < -0.3 is 18.0 Å². The SMILES string of the molecule is CC[Si](CC)(CC)OC1[C@@H](C)CCC[C@]2(C)[C@H](C[C@@H](/C(C)=C/c3cnon3)OC(=O)C[C@H](O[Si](CC)(CC)CC)C(C)(C)C(=O)[C@@H]1C)N2CCO[Si](C)(C)C(C)(C)C. The quantitative estimate of drug-likeness (QED) is 0.0904. The lowest BCUT2D eigenvalue weighted by molar-refractivity contribution is -0.153. The van der Waals surface area contributed by atoms with Crippen LogP contribution in [0.1, 0.15) is 142 Å². The maximum absolute atomic E-state index is 15.1. The highest BCUT2D eigenvalue weighted by Crippen LogP contribution is 2.49. The molecule has 10 nitrogen and oxygen atoms in total. The number of nitrogens with zero attached hydrogens (tertiary/aromatic N) is 3. The predicted molar refractivity (Wildman–Crippen MR) is 244 cm³/mol. The third kappa shape index (κ3) is 11.9. The van der Waals surface area contributed by atoms with E-state index in [4.69, 9.17) is 22.6 Å². The highest BCUT2D eigenvalue weighted by atomic mass is 28.4. The lowest BCUT2D eigenvalue weighted by Gasteiger charge is -2.44. The van der Waals surface area contributed by atoms with E-state index in [1.807, 2.05) is 26.8 Å². The molecule has 2 aliphatic heterocycles. The number of carbonyl (C=O) groups is 2. The van der Waals surface area contributed by atoms with Gasteiger partial charge in [0.25, 0.3) is 0 Å². The van der Waals surface area contributed by atoms with Crippen molar-refractivity contribution in [1.29, 1.82) is 0 Å². The van der Waals surface area contributed by atoms with E-state index in [2.05, 4.69) is 111 Å². The van der Waals surface area contributed by atoms with E-state index in [-0.39, 0.29) is 52.7 Å². The molecule has 2 unspecified atom stereocenters. The molecule has 1 aromatic heterocycles. The monoisotopic (exact) mass is 864 g/mol. The molecule has 0 bridgehead atoms. The van der Waals surface area contributed by atoms with Crippen LogP contribution in [-0.4, -0.2) is 95.0 Å². The second-order valence-corrected chi connectivity index (χ2v) is 34.5. The van der Waals surface area contributed by atoms with Crippen LogP contribution in [0.25, 0.3) is 6.08 Å². The predicted octanol–water partition coefficient (Wildman–Crippen LogP) is 11.5. The average molecular weight is 864 g/mol. The molecule has 2 fully saturated rings. The van der Waals surface area contributed by atoms with E-state index in [1.54, 1.807) is 6.20 Å². The largest absolute Gasteiger partial charge is 0.458 e. The number of fused-ring (bicyclic) bond motifs is 1. The number of cyclic esters (lactones) is 1. The van der Waals surface area contributed by atoms with Gasteiger partial charge in [0.1, 0.15) is 17.6 Å². The molecule has 58 heavy (non-hydrogen) atoms. The van der Waals surface area contributed by atoms with Crippen LogP contribution in [0.15, 0.2) is 16.4 Å². The van der Waals surface area contributed by atoms with Gasteiger partial charge in [-0.15, -0.1) is 0 Å². The van der Waals surface area contributed by atoms with E-state index in [0.717, 1.165) is 67.6 Å². The molecule has 2 aliphatic rings. The normalized spacial score (nSPS) is 29.9. The number of esters is 1. The van der Waals surface area contributed by atoms with Crippen molar-refractivity contribution in [2.45, 2.75) is 220 Å². The fourth-order valence-electron chi connectivity index (χ4n) is 9.33. The first kappa shape index (κ1) is 50.9. The number of aromatic nitrogens is 2. The molecule has 334 valence electrons. The highest BCUT2D eigenvalue weighted by Gasteiger charge is 2.59. The summed E-state index contributed by atoms with van der Waals surface area (Å²) in [5, 5.41) is 7.97. The van der Waals surface area contributed by atoms with Gasteiger partial charge in [-0.2, -0.15) is 0 Å². The minimum absolute atomic E-state index is 0.000152. The van der Waals surface area contributed by atoms with Crippen molar-refractivity contribution >= 4 is 42.8 Å². The van der Waals surface area contributed by atoms with E-state index in [0.29, 0.717) is 18.7 Å². The van der Waals surface area contributed by atoms with Gasteiger partial charge in [-0.05, 0) is 98.7 Å². The summed E-state index contributed by atoms with van der Waals surface area (Å²) in [6.45, 7) is 39.1. The van der Waals surface area contributed by atoms with Crippen molar-refractivity contribution in [3.8, 4) is 0 Å². The summed E-state index contributed by atoms with van der Waals surface area (Å²) in [5.74, 6) is -0.415. The first-order chi connectivity index (χ1) is 27.0. The summed E-state index contributed by atoms with van der Waals surface area (Å²) < 4.78 is 32.8. The molecule has 0 amide bonds. The zero-order valence-electron chi connectivity index (χ0n) is 40.0. The van der Waals surface area contributed by atoms with Gasteiger partial charge in [-0.1, -0.05) is 107 Å². The number of ether oxygens (including phenoxy) is 1. The number of rotatable bonds is 16. The standard InChI is InChI=1S/C45H85N3O7Si3/c1-18-57(19-2,20-3)53-39-31-40(49)52-37(34(8)29-36-32-46-55-47-36)30-38-45(15,48(38)27-28-51-56(16,17)43(10,11)12)26-24-25-33(7)41(35(9)42(50)44(39,13)14)54-58(21-4,22-5)23-6/h29,32-33,35,37-39,41H,18-28,30-31H2,1-17H3/b34-29+/t33-,35+,37-,38-,39-,41?,45+,48?/m0/s1. The Morgan fingerprint density at radius 1 is 0.948 bits per heavy atom. The van der Waals surface area contributed by atoms with E-state index in [1.165, 1.54) is 0 Å². The fourth-order valence-corrected chi connectivity index (χ4v) is 16.4. The zero-order valence-corrected chi connectivity index (χ0v) is 43.0. The van der Waals surface area contributed by atoms with Crippen molar-refractivity contribution in [3.05, 3.63) is 17.5 Å². The van der Waals surface area contributed by atoms with Crippen LogP contribution in [0.5, 0.6) is 0 Å². The molecular weight excluding hydrogens is 779 g/mol. The van der Waals surface area contributed by atoms with E-state index >= 15 is 4.79 Å². The molecule has 13 heteroatoms. The Morgan fingerprint density at radius 3 is 2.03 bits per heavy atom. The average Bonchev–Trinajstić information content (AvgIpc) is 3.43. The summed E-state index contributed by atoms with van der Waals surface area (Å²) in [6.07, 6.45) is 5.73. The first-order valence-corrected chi connectivity index (χ1v) is 30.9. The first-order valence-electron chi connectivity index (χ1n) is 22.9. The molecule has 2 saturated heterocycles. The Morgan fingerprint density at radius 2 is 1.52 bits per heavy atom. The lowest BCUT2D eigenvalue weighted by Crippen LogP contribution is -2.53. The van der Waals surface area contributed by atoms with Crippen molar-refractivity contribution in [2.24, 2.45) is 17.3 Å². The zero-order chi connectivity index (χ0) is 43.9. The molecule has 0 aromatic carbocycles. The molecule has 3 heterocycles. The van der Waals surface area contributed by atoms with Crippen LogP contribution >= 0.6 is 0 Å².